The van der Waals surface area contributed by atoms with Crippen molar-refractivity contribution >= 4 is 5.91 Å². The number of nitrogens with zero attached hydrogens (tertiary/aromatic N) is 6. The van der Waals surface area contributed by atoms with Crippen LogP contribution in [0.2, 0.25) is 0 Å². The van der Waals surface area contributed by atoms with Crippen LogP contribution in [0.1, 0.15) is 59.2 Å². The summed E-state index contributed by atoms with van der Waals surface area (Å²) in [6.07, 6.45) is 8.16. The molecule has 5 rings (SSSR count). The van der Waals surface area contributed by atoms with E-state index in [0.717, 1.165) is 62.3 Å². The topological polar surface area (TPSA) is 87.3 Å². The van der Waals surface area contributed by atoms with Gasteiger partial charge in [0, 0.05) is 39.9 Å². The molecule has 168 valence electrons. The number of ether oxygens (including phenoxy) is 2. The molecule has 0 aromatic carbocycles. The highest BCUT2D eigenvalue weighted by molar-refractivity contribution is 5.94. The first-order chi connectivity index (χ1) is 15.1. The first-order valence-corrected chi connectivity index (χ1v) is 11.4. The van der Waals surface area contributed by atoms with E-state index in [9.17, 15) is 4.79 Å². The molecule has 1 saturated heterocycles. The quantitative estimate of drug-likeness (QED) is 0.721. The maximum absolute atomic E-state index is 13.5. The molecular weight excluding hydrogens is 396 g/mol. The van der Waals surface area contributed by atoms with Crippen LogP contribution in [0.15, 0.2) is 6.20 Å². The van der Waals surface area contributed by atoms with Crippen molar-refractivity contribution in [1.82, 2.24) is 29.7 Å². The van der Waals surface area contributed by atoms with Gasteiger partial charge in [-0.2, -0.15) is 5.10 Å². The zero-order valence-electron chi connectivity index (χ0n) is 18.7. The lowest BCUT2D eigenvalue weighted by molar-refractivity contribution is -0.00548. The van der Waals surface area contributed by atoms with E-state index < -0.39 is 0 Å². The van der Waals surface area contributed by atoms with Gasteiger partial charge in [0.05, 0.1) is 30.6 Å². The van der Waals surface area contributed by atoms with E-state index in [1.807, 2.05) is 27.5 Å². The predicted octanol–water partition coefficient (Wildman–Crippen LogP) is 1.78. The zero-order valence-corrected chi connectivity index (χ0v) is 18.7. The molecule has 0 radical (unpaired) electrons. The lowest BCUT2D eigenvalue weighted by Crippen LogP contribution is -2.37. The van der Waals surface area contributed by atoms with E-state index in [1.54, 1.807) is 14.2 Å². The molecule has 3 aliphatic rings. The zero-order chi connectivity index (χ0) is 21.5. The van der Waals surface area contributed by atoms with Gasteiger partial charge in [0.2, 0.25) is 0 Å². The smallest absolute Gasteiger partial charge is 0.272 e. The molecule has 9 nitrogen and oxygen atoms in total. The lowest BCUT2D eigenvalue weighted by Gasteiger charge is -2.36. The lowest BCUT2D eigenvalue weighted by atomic mass is 9.77. The fourth-order valence-corrected chi connectivity index (χ4v) is 5.88. The van der Waals surface area contributed by atoms with Crippen LogP contribution >= 0.6 is 0 Å². The number of hydrogen-bond donors (Lipinski definition) is 0. The number of aromatic nitrogens is 5. The van der Waals surface area contributed by atoms with Crippen LogP contribution in [0.25, 0.3) is 0 Å². The molecule has 2 aliphatic carbocycles. The number of amides is 1. The van der Waals surface area contributed by atoms with Gasteiger partial charge in [0.1, 0.15) is 11.4 Å². The Morgan fingerprint density at radius 2 is 1.94 bits per heavy atom. The highest BCUT2D eigenvalue weighted by Gasteiger charge is 2.45. The van der Waals surface area contributed by atoms with E-state index in [1.165, 1.54) is 12.0 Å². The van der Waals surface area contributed by atoms with Crippen molar-refractivity contribution in [2.45, 2.75) is 57.3 Å². The minimum Gasteiger partial charge on any atom is -0.379 e. The average Bonchev–Trinajstić information content (AvgIpc) is 3.48. The van der Waals surface area contributed by atoms with Crippen molar-refractivity contribution < 1.29 is 14.3 Å². The second-order valence-corrected chi connectivity index (χ2v) is 9.27. The molecule has 0 bridgehead atoms. The number of fused-ring (bicyclic) bond motifs is 2. The number of carbonyl (C=O) groups is 1. The summed E-state index contributed by atoms with van der Waals surface area (Å²) in [6.45, 7) is 2.03. The van der Waals surface area contributed by atoms with Gasteiger partial charge in [0.25, 0.3) is 5.91 Å². The normalized spacial score (nSPS) is 27.9. The Balaban J connectivity index is 1.33. The molecule has 2 aromatic rings. The van der Waals surface area contributed by atoms with Crippen molar-refractivity contribution in [3.05, 3.63) is 28.8 Å². The molecule has 1 aliphatic heterocycles. The van der Waals surface area contributed by atoms with Crippen LogP contribution < -0.4 is 0 Å². The Hall–Kier alpha value is -2.26. The summed E-state index contributed by atoms with van der Waals surface area (Å²) in [5, 5.41) is 13.2. The van der Waals surface area contributed by atoms with Gasteiger partial charge in [-0.15, -0.1) is 5.10 Å². The Bertz CT molecular complexity index is 953. The van der Waals surface area contributed by atoms with Crippen LogP contribution in [-0.4, -0.2) is 69.0 Å². The fourth-order valence-electron chi connectivity index (χ4n) is 5.88. The van der Waals surface area contributed by atoms with Gasteiger partial charge in [-0.25, -0.2) is 4.68 Å². The van der Waals surface area contributed by atoms with Crippen molar-refractivity contribution in [2.75, 3.05) is 27.3 Å². The summed E-state index contributed by atoms with van der Waals surface area (Å²) < 4.78 is 14.8. The van der Waals surface area contributed by atoms with E-state index in [0.29, 0.717) is 18.4 Å². The Labute approximate surface area is 182 Å². The van der Waals surface area contributed by atoms with Crippen molar-refractivity contribution in [2.24, 2.45) is 18.9 Å². The van der Waals surface area contributed by atoms with E-state index in [2.05, 4.69) is 15.4 Å². The Morgan fingerprint density at radius 3 is 2.71 bits per heavy atom. The van der Waals surface area contributed by atoms with Crippen LogP contribution in [0.3, 0.4) is 0 Å². The first-order valence-electron chi connectivity index (χ1n) is 11.4. The number of likely N-dealkylation sites (tertiary alicyclic amines) is 1. The molecular formula is C22H32N6O3. The monoisotopic (exact) mass is 428 g/mol. The number of rotatable bonds is 5. The molecule has 0 N–H and O–H groups in total. The van der Waals surface area contributed by atoms with E-state index >= 15 is 0 Å². The second-order valence-electron chi connectivity index (χ2n) is 9.27. The van der Waals surface area contributed by atoms with Gasteiger partial charge in [-0.3, -0.25) is 9.48 Å². The Morgan fingerprint density at radius 1 is 1.16 bits per heavy atom. The number of aryl methyl sites for hydroxylation is 2. The van der Waals surface area contributed by atoms with Crippen LogP contribution in [0.4, 0.5) is 0 Å². The molecule has 31 heavy (non-hydrogen) atoms. The number of methoxy groups -OCH3 is 2. The average molecular weight is 429 g/mol. The minimum absolute atomic E-state index is 0.0675. The third-order valence-electron chi connectivity index (χ3n) is 7.39. The van der Waals surface area contributed by atoms with Gasteiger partial charge < -0.3 is 14.4 Å². The summed E-state index contributed by atoms with van der Waals surface area (Å²) in [5.41, 5.74) is 3.91. The summed E-state index contributed by atoms with van der Waals surface area (Å²) in [6, 6.07) is 0.129. The molecule has 9 heteroatoms. The van der Waals surface area contributed by atoms with Crippen LogP contribution in [-0.2, 0) is 36.0 Å². The minimum atomic E-state index is 0.0675. The second kappa shape index (κ2) is 8.35. The molecule has 0 spiro atoms. The fraction of sp³-hybridized carbons (Fsp3) is 0.727. The molecule has 2 aromatic heterocycles. The molecule has 1 saturated carbocycles. The van der Waals surface area contributed by atoms with E-state index in [-0.39, 0.29) is 18.1 Å². The maximum atomic E-state index is 13.5. The summed E-state index contributed by atoms with van der Waals surface area (Å²) >= 11 is 0. The van der Waals surface area contributed by atoms with Gasteiger partial charge in [-0.05, 0) is 50.4 Å². The van der Waals surface area contributed by atoms with Crippen molar-refractivity contribution in [3.8, 4) is 0 Å². The van der Waals surface area contributed by atoms with Crippen LogP contribution in [0.5, 0.6) is 0 Å². The summed E-state index contributed by atoms with van der Waals surface area (Å²) in [7, 11) is 5.34. The van der Waals surface area contributed by atoms with E-state index in [4.69, 9.17) is 9.47 Å². The molecule has 0 unspecified atom stereocenters. The van der Waals surface area contributed by atoms with Gasteiger partial charge >= 0.3 is 0 Å². The van der Waals surface area contributed by atoms with Crippen LogP contribution in [0, 0.1) is 11.8 Å². The molecule has 3 heterocycles. The summed E-state index contributed by atoms with van der Waals surface area (Å²) in [5.74, 6) is 1.04. The van der Waals surface area contributed by atoms with Crippen molar-refractivity contribution in [3.63, 3.8) is 0 Å². The highest BCUT2D eigenvalue weighted by Crippen LogP contribution is 2.42. The van der Waals surface area contributed by atoms with Crippen molar-refractivity contribution in [1.29, 1.82) is 0 Å². The molecule has 1 amide bonds. The predicted molar refractivity (Wildman–Crippen MR) is 113 cm³/mol. The highest BCUT2D eigenvalue weighted by atomic mass is 16.5. The molecule has 2 fully saturated rings. The number of hydrogen-bond acceptors (Lipinski definition) is 6. The maximum Gasteiger partial charge on any atom is 0.272 e. The Kier molecular flexibility index (Phi) is 5.56. The standard InChI is InChI=1S/C22H32N6O3/c1-26-21(17-6-4-5-7-18(17)24-26)22(29)27-10-14-8-19(20(31-3)9-15(14)11-27)28-12-16(13-30-2)23-25-28/h12,14-15,19-20H,4-11,13H2,1-3H3/t14-,15+,19-,20-/m1/s1. The third-order valence-corrected chi connectivity index (χ3v) is 7.39. The molecule has 4 atom stereocenters. The van der Waals surface area contributed by atoms with Gasteiger partial charge in [-0.1, -0.05) is 5.21 Å². The largest absolute Gasteiger partial charge is 0.379 e. The third kappa shape index (κ3) is 3.67. The van der Waals surface area contributed by atoms with Gasteiger partial charge in [0.15, 0.2) is 0 Å². The first kappa shape index (κ1) is 20.6. The summed E-state index contributed by atoms with van der Waals surface area (Å²) in [4.78, 5) is 15.6. The number of carbonyl (C=O) groups excluding carboxylic acids is 1. The SMILES string of the molecule is COCc1cn([C@@H]2C[C@@H]3CN(C(=O)c4c5c(nn4C)CCCC5)C[C@@H]3C[C@H]2OC)nn1.